The lowest BCUT2D eigenvalue weighted by Crippen LogP contribution is -2.27. The predicted octanol–water partition coefficient (Wildman–Crippen LogP) is 3.28. The van der Waals surface area contributed by atoms with Crippen molar-refractivity contribution < 1.29 is 5.11 Å². The summed E-state index contributed by atoms with van der Waals surface area (Å²) in [6.07, 6.45) is 1.10. The first-order valence-electron chi connectivity index (χ1n) is 5.22. The molecule has 0 saturated heterocycles. The fourth-order valence-corrected chi connectivity index (χ4v) is 1.62. The van der Waals surface area contributed by atoms with Crippen molar-refractivity contribution in [2.45, 2.75) is 32.9 Å². The van der Waals surface area contributed by atoms with Crippen LogP contribution in [0.2, 0.25) is 5.02 Å². The molecule has 1 rings (SSSR count). The maximum absolute atomic E-state index is 9.74. The number of nitrogens with zero attached hydrogens (tertiary/aromatic N) is 1. The molecular weight excluding hydrogens is 210 g/mol. The van der Waals surface area contributed by atoms with Crippen LogP contribution in [0, 0.1) is 0 Å². The Morgan fingerprint density at radius 1 is 1.47 bits per heavy atom. The van der Waals surface area contributed by atoms with E-state index < -0.39 is 0 Å². The molecule has 2 nitrogen and oxygen atoms in total. The Balaban J connectivity index is 2.76. The summed E-state index contributed by atoms with van der Waals surface area (Å²) in [4.78, 5) is 2.20. The van der Waals surface area contributed by atoms with Gasteiger partial charge in [-0.2, -0.15) is 0 Å². The maximum atomic E-state index is 9.74. The number of benzene rings is 1. The van der Waals surface area contributed by atoms with Gasteiger partial charge in [0.05, 0.1) is 5.02 Å². The van der Waals surface area contributed by atoms with Gasteiger partial charge in [-0.05, 0) is 26.5 Å². The molecule has 0 bridgehead atoms. The molecule has 84 valence electrons. The number of aromatic hydroxyl groups is 1. The zero-order chi connectivity index (χ0) is 11.4. The van der Waals surface area contributed by atoms with Crippen LogP contribution < -0.4 is 0 Å². The van der Waals surface area contributed by atoms with Gasteiger partial charge in [-0.25, -0.2) is 0 Å². The summed E-state index contributed by atoms with van der Waals surface area (Å²) in [7, 11) is 2.05. The number of hydrogen-bond acceptors (Lipinski definition) is 2. The minimum absolute atomic E-state index is 0.203. The van der Waals surface area contributed by atoms with Crippen molar-refractivity contribution in [3.63, 3.8) is 0 Å². The maximum Gasteiger partial charge on any atom is 0.138 e. The second-order valence-electron chi connectivity index (χ2n) is 3.92. The molecule has 0 saturated carbocycles. The van der Waals surface area contributed by atoms with Gasteiger partial charge in [-0.1, -0.05) is 30.7 Å². The van der Waals surface area contributed by atoms with Crippen molar-refractivity contribution in [3.8, 4) is 5.75 Å². The first kappa shape index (κ1) is 12.3. The van der Waals surface area contributed by atoms with Crippen LogP contribution in [0.4, 0.5) is 0 Å². The second-order valence-corrected chi connectivity index (χ2v) is 4.33. The fourth-order valence-electron chi connectivity index (χ4n) is 1.42. The number of phenolic OH excluding ortho intramolecular Hbond substituents is 1. The molecule has 0 aliphatic heterocycles. The molecule has 0 aliphatic carbocycles. The Labute approximate surface area is 96.5 Å². The van der Waals surface area contributed by atoms with E-state index in [-0.39, 0.29) is 5.75 Å². The Kier molecular flexibility index (Phi) is 4.43. The van der Waals surface area contributed by atoms with E-state index >= 15 is 0 Å². The Bertz CT molecular complexity index is 327. The lowest BCUT2D eigenvalue weighted by molar-refractivity contribution is 0.241. The Morgan fingerprint density at radius 3 is 2.73 bits per heavy atom. The zero-order valence-electron chi connectivity index (χ0n) is 9.50. The van der Waals surface area contributed by atoms with Crippen LogP contribution in [0.1, 0.15) is 25.8 Å². The normalized spacial score (nSPS) is 13.1. The third-order valence-corrected chi connectivity index (χ3v) is 3.14. The highest BCUT2D eigenvalue weighted by Gasteiger charge is 2.11. The molecule has 0 aromatic heterocycles. The lowest BCUT2D eigenvalue weighted by atomic mass is 10.1. The van der Waals surface area contributed by atoms with E-state index in [2.05, 4.69) is 25.8 Å². The second kappa shape index (κ2) is 5.38. The van der Waals surface area contributed by atoms with Gasteiger partial charge in [0.15, 0.2) is 0 Å². The minimum atomic E-state index is 0.203. The molecule has 0 heterocycles. The third kappa shape index (κ3) is 3.11. The Morgan fingerprint density at radius 2 is 2.13 bits per heavy atom. The molecule has 3 heteroatoms. The van der Waals surface area contributed by atoms with E-state index in [0.29, 0.717) is 11.1 Å². The average Bonchev–Trinajstić information content (AvgIpc) is 2.23. The van der Waals surface area contributed by atoms with Gasteiger partial charge < -0.3 is 5.11 Å². The molecule has 15 heavy (non-hydrogen) atoms. The molecule has 1 aromatic rings. The van der Waals surface area contributed by atoms with Crippen LogP contribution in [0.5, 0.6) is 5.75 Å². The zero-order valence-corrected chi connectivity index (χ0v) is 10.3. The minimum Gasteiger partial charge on any atom is -0.506 e. The summed E-state index contributed by atoms with van der Waals surface area (Å²) in [5, 5.41) is 10.2. The van der Waals surface area contributed by atoms with Gasteiger partial charge in [0.25, 0.3) is 0 Å². The molecule has 0 amide bonds. The molecule has 1 aromatic carbocycles. The van der Waals surface area contributed by atoms with E-state index in [1.165, 1.54) is 0 Å². The molecule has 1 atom stereocenters. The summed E-state index contributed by atoms with van der Waals surface area (Å²) in [6.45, 7) is 5.04. The van der Waals surface area contributed by atoms with Gasteiger partial charge >= 0.3 is 0 Å². The number of halogens is 1. The fraction of sp³-hybridized carbons (Fsp3) is 0.500. The highest BCUT2D eigenvalue weighted by atomic mass is 35.5. The summed E-state index contributed by atoms with van der Waals surface area (Å²) in [6, 6.07) is 5.97. The van der Waals surface area contributed by atoms with Gasteiger partial charge in [-0.3, -0.25) is 4.90 Å². The van der Waals surface area contributed by atoms with E-state index in [1.54, 1.807) is 6.07 Å². The van der Waals surface area contributed by atoms with Gasteiger partial charge in [0.1, 0.15) is 5.75 Å². The molecule has 0 radical (unpaired) electrons. The number of hydrogen-bond donors (Lipinski definition) is 1. The van der Waals surface area contributed by atoms with Crippen molar-refractivity contribution in [2.75, 3.05) is 7.05 Å². The van der Waals surface area contributed by atoms with Gasteiger partial charge in [-0.15, -0.1) is 0 Å². The van der Waals surface area contributed by atoms with Crippen LogP contribution in [0.15, 0.2) is 18.2 Å². The molecule has 1 N–H and O–H groups in total. The molecule has 0 spiro atoms. The Hall–Kier alpha value is -0.730. The summed E-state index contributed by atoms with van der Waals surface area (Å²) >= 11 is 5.84. The summed E-state index contributed by atoms with van der Waals surface area (Å²) in [5.74, 6) is 0.203. The summed E-state index contributed by atoms with van der Waals surface area (Å²) < 4.78 is 0. The van der Waals surface area contributed by atoms with E-state index in [9.17, 15) is 5.11 Å². The van der Waals surface area contributed by atoms with Crippen LogP contribution in [0.3, 0.4) is 0 Å². The first-order chi connectivity index (χ1) is 7.06. The molecule has 0 fully saturated rings. The van der Waals surface area contributed by atoms with E-state index in [0.717, 1.165) is 18.5 Å². The topological polar surface area (TPSA) is 23.5 Å². The van der Waals surface area contributed by atoms with Crippen molar-refractivity contribution >= 4 is 11.6 Å². The standard InChI is InChI=1S/C12H18ClNO/c1-4-9(2)14(3)8-10-6-5-7-11(13)12(10)15/h5-7,9,15H,4,8H2,1-3H3. The number of rotatable bonds is 4. The van der Waals surface area contributed by atoms with Crippen LogP contribution >= 0.6 is 11.6 Å². The van der Waals surface area contributed by atoms with Crippen molar-refractivity contribution in [2.24, 2.45) is 0 Å². The van der Waals surface area contributed by atoms with E-state index in [1.807, 2.05) is 12.1 Å². The smallest absolute Gasteiger partial charge is 0.138 e. The van der Waals surface area contributed by atoms with Crippen LogP contribution in [0.25, 0.3) is 0 Å². The average molecular weight is 228 g/mol. The predicted molar refractivity (Wildman–Crippen MR) is 64.3 cm³/mol. The molecule has 1 unspecified atom stereocenters. The first-order valence-corrected chi connectivity index (χ1v) is 5.60. The van der Waals surface area contributed by atoms with Gasteiger partial charge in [0, 0.05) is 18.2 Å². The highest BCUT2D eigenvalue weighted by molar-refractivity contribution is 6.32. The van der Waals surface area contributed by atoms with Crippen molar-refractivity contribution in [1.29, 1.82) is 0 Å². The SMILES string of the molecule is CCC(C)N(C)Cc1cccc(Cl)c1O. The van der Waals surface area contributed by atoms with Crippen LogP contribution in [-0.2, 0) is 6.54 Å². The molecular formula is C12H18ClNO. The largest absolute Gasteiger partial charge is 0.506 e. The van der Waals surface area contributed by atoms with Crippen molar-refractivity contribution in [1.82, 2.24) is 4.90 Å². The van der Waals surface area contributed by atoms with E-state index in [4.69, 9.17) is 11.6 Å². The van der Waals surface area contributed by atoms with Gasteiger partial charge in [0.2, 0.25) is 0 Å². The summed E-state index contributed by atoms with van der Waals surface area (Å²) in [5.41, 5.74) is 0.880. The number of para-hydroxylation sites is 1. The highest BCUT2D eigenvalue weighted by Crippen LogP contribution is 2.28. The quantitative estimate of drug-likeness (QED) is 0.854. The van der Waals surface area contributed by atoms with Crippen molar-refractivity contribution in [3.05, 3.63) is 28.8 Å². The van der Waals surface area contributed by atoms with Crippen LogP contribution in [-0.4, -0.2) is 23.1 Å². The monoisotopic (exact) mass is 227 g/mol. The third-order valence-electron chi connectivity index (χ3n) is 2.83. The lowest BCUT2D eigenvalue weighted by Gasteiger charge is -2.23. The molecule has 0 aliphatic rings. The number of phenols is 1.